The van der Waals surface area contributed by atoms with Gasteiger partial charge in [0.15, 0.2) is 0 Å². The fourth-order valence-corrected chi connectivity index (χ4v) is 1.80. The van der Waals surface area contributed by atoms with E-state index in [0.29, 0.717) is 0 Å². The first-order chi connectivity index (χ1) is 7.47. The van der Waals surface area contributed by atoms with Crippen molar-refractivity contribution in [3.63, 3.8) is 0 Å². The number of nitrogens with zero attached hydrogens (tertiary/aromatic N) is 1. The number of halogens is 4. The van der Waals surface area contributed by atoms with Gasteiger partial charge in [-0.1, -0.05) is 11.6 Å². The third kappa shape index (κ3) is 3.00. The van der Waals surface area contributed by atoms with E-state index in [1.807, 2.05) is 0 Å². The summed E-state index contributed by atoms with van der Waals surface area (Å²) in [6.07, 6.45) is -1.80. The molecule has 0 radical (unpaired) electrons. The van der Waals surface area contributed by atoms with Crippen LogP contribution in [-0.2, 0) is 16.0 Å². The molecule has 0 amide bonds. The van der Waals surface area contributed by atoms with Gasteiger partial charge in [-0.15, -0.1) is 0 Å². The number of esters is 1. The molecule has 1 rings (SSSR count). The van der Waals surface area contributed by atoms with Crippen molar-refractivity contribution in [1.29, 1.82) is 0 Å². The molecule has 0 N–H and O–H groups in total. The van der Waals surface area contributed by atoms with E-state index in [2.05, 4.69) is 9.72 Å². The minimum Gasteiger partial charge on any atom is -0.469 e. The summed E-state index contributed by atoms with van der Waals surface area (Å²) < 4.78 is 30.2. The maximum atomic E-state index is 12.8. The topological polar surface area (TPSA) is 39.2 Å². The highest BCUT2D eigenvalue weighted by molar-refractivity contribution is 14.1. The Kier molecular flexibility index (Phi) is 4.85. The Balaban J connectivity index is 3.18. The van der Waals surface area contributed by atoms with Gasteiger partial charge < -0.3 is 4.74 Å². The van der Waals surface area contributed by atoms with Crippen LogP contribution < -0.4 is 0 Å². The third-order valence-electron chi connectivity index (χ3n) is 1.88. The van der Waals surface area contributed by atoms with Gasteiger partial charge in [-0.2, -0.15) is 0 Å². The summed E-state index contributed by atoms with van der Waals surface area (Å²) in [7, 11) is 1.19. The van der Waals surface area contributed by atoms with Gasteiger partial charge in [0.2, 0.25) is 0 Å². The Morgan fingerprint density at radius 2 is 2.31 bits per heavy atom. The molecule has 0 spiro atoms. The summed E-state index contributed by atoms with van der Waals surface area (Å²) in [5.74, 6) is -0.610. The molecule has 0 saturated heterocycles. The zero-order valence-corrected chi connectivity index (χ0v) is 11.1. The van der Waals surface area contributed by atoms with Crippen LogP contribution in [0, 0.1) is 3.70 Å². The largest absolute Gasteiger partial charge is 0.469 e. The van der Waals surface area contributed by atoms with Crippen molar-refractivity contribution in [1.82, 2.24) is 4.98 Å². The number of carbonyl (C=O) groups is 1. The van der Waals surface area contributed by atoms with Gasteiger partial charge in [-0.3, -0.25) is 4.79 Å². The lowest BCUT2D eigenvalue weighted by molar-refractivity contribution is -0.139. The van der Waals surface area contributed by atoms with Crippen LogP contribution in [0.5, 0.6) is 0 Å². The van der Waals surface area contributed by atoms with Crippen molar-refractivity contribution in [2.24, 2.45) is 0 Å². The Hall–Kier alpha value is -0.500. The average molecular weight is 362 g/mol. The van der Waals surface area contributed by atoms with Gasteiger partial charge in [0.1, 0.15) is 3.70 Å². The van der Waals surface area contributed by atoms with Crippen LogP contribution in [0.2, 0.25) is 5.02 Å². The summed E-state index contributed by atoms with van der Waals surface area (Å²) in [4.78, 5) is 14.8. The molecule has 88 valence electrons. The summed E-state index contributed by atoms with van der Waals surface area (Å²) >= 11 is 7.47. The van der Waals surface area contributed by atoms with E-state index in [0.717, 1.165) is 0 Å². The third-order valence-corrected chi connectivity index (χ3v) is 3.40. The fourth-order valence-electron chi connectivity index (χ4n) is 1.12. The maximum absolute atomic E-state index is 12.8. The first-order valence-corrected chi connectivity index (χ1v) is 5.60. The molecule has 0 bridgehead atoms. The van der Waals surface area contributed by atoms with Crippen molar-refractivity contribution in [2.75, 3.05) is 7.11 Å². The van der Waals surface area contributed by atoms with Crippen LogP contribution in [0.15, 0.2) is 6.20 Å². The molecule has 1 aromatic rings. The number of ether oxygens (including phenoxy) is 1. The van der Waals surface area contributed by atoms with Crippen LogP contribution in [0.4, 0.5) is 8.78 Å². The average Bonchev–Trinajstić information content (AvgIpc) is 2.23. The predicted octanol–water partition coefficient (Wildman–Crippen LogP) is 2.99. The molecular formula is C9H7ClF2INO2. The molecule has 1 aromatic heterocycles. The lowest BCUT2D eigenvalue weighted by Crippen LogP contribution is -2.09. The van der Waals surface area contributed by atoms with E-state index in [1.54, 1.807) is 22.6 Å². The number of pyridine rings is 1. The zero-order chi connectivity index (χ0) is 12.3. The van der Waals surface area contributed by atoms with Crippen molar-refractivity contribution in [3.8, 4) is 0 Å². The number of alkyl halides is 2. The van der Waals surface area contributed by atoms with Crippen LogP contribution in [0.3, 0.4) is 0 Å². The molecule has 0 saturated carbocycles. The van der Waals surface area contributed by atoms with Crippen molar-refractivity contribution in [2.45, 2.75) is 12.8 Å². The summed E-state index contributed by atoms with van der Waals surface area (Å²) in [5, 5.41) is -0.114. The van der Waals surface area contributed by atoms with Crippen molar-refractivity contribution >= 4 is 40.2 Å². The molecule has 0 unspecified atom stereocenters. The number of rotatable bonds is 3. The quantitative estimate of drug-likeness (QED) is 0.472. The molecule has 0 aromatic carbocycles. The number of hydrogen-bond donors (Lipinski definition) is 0. The highest BCUT2D eigenvalue weighted by atomic mass is 127. The van der Waals surface area contributed by atoms with Crippen LogP contribution in [0.25, 0.3) is 0 Å². The van der Waals surface area contributed by atoms with Gasteiger partial charge >= 0.3 is 5.97 Å². The number of carbonyl (C=O) groups excluding carboxylic acids is 1. The Morgan fingerprint density at radius 1 is 1.69 bits per heavy atom. The second-order valence-corrected chi connectivity index (χ2v) is 4.26. The smallest absolute Gasteiger partial charge is 0.310 e. The lowest BCUT2D eigenvalue weighted by atomic mass is 10.1. The van der Waals surface area contributed by atoms with Gasteiger partial charge in [-0.25, -0.2) is 13.8 Å². The second-order valence-electron chi connectivity index (χ2n) is 2.86. The number of hydrogen-bond acceptors (Lipinski definition) is 3. The van der Waals surface area contributed by atoms with Gasteiger partial charge in [0, 0.05) is 11.8 Å². The molecule has 1 heterocycles. The van der Waals surface area contributed by atoms with E-state index in [9.17, 15) is 13.6 Å². The molecule has 7 heteroatoms. The Morgan fingerprint density at radius 3 is 2.81 bits per heavy atom. The highest BCUT2D eigenvalue weighted by Gasteiger charge is 2.21. The van der Waals surface area contributed by atoms with E-state index in [-0.39, 0.29) is 26.3 Å². The summed E-state index contributed by atoms with van der Waals surface area (Å²) in [5.41, 5.74) is -0.265. The fraction of sp³-hybridized carbons (Fsp3) is 0.333. The highest BCUT2D eigenvalue weighted by Crippen LogP contribution is 2.32. The van der Waals surface area contributed by atoms with Crippen LogP contribution in [-0.4, -0.2) is 18.1 Å². The predicted molar refractivity (Wildman–Crippen MR) is 62.6 cm³/mol. The van der Waals surface area contributed by atoms with Crippen LogP contribution >= 0.6 is 34.2 Å². The Labute approximate surface area is 109 Å². The number of aromatic nitrogens is 1. The minimum absolute atomic E-state index is 0.0901. The molecule has 3 nitrogen and oxygen atoms in total. The number of methoxy groups -OCH3 is 1. The molecule has 16 heavy (non-hydrogen) atoms. The first-order valence-electron chi connectivity index (χ1n) is 4.15. The maximum Gasteiger partial charge on any atom is 0.310 e. The van der Waals surface area contributed by atoms with Gasteiger partial charge in [0.25, 0.3) is 6.43 Å². The van der Waals surface area contributed by atoms with E-state index in [1.165, 1.54) is 13.3 Å². The first kappa shape index (κ1) is 13.6. The minimum atomic E-state index is -2.75. The molecule has 0 fully saturated rings. The second kappa shape index (κ2) is 5.72. The lowest BCUT2D eigenvalue weighted by Gasteiger charge is -2.10. The zero-order valence-electron chi connectivity index (χ0n) is 8.14. The molecular weight excluding hydrogens is 354 g/mol. The summed E-state index contributed by atoms with van der Waals surface area (Å²) in [6.45, 7) is 0. The molecule has 0 aliphatic carbocycles. The standard InChI is InChI=1S/C9H7ClF2INO2/c1-16-5(15)2-4-3-14-9(13)7(10)6(4)8(11)12/h3,8H,2H2,1H3. The monoisotopic (exact) mass is 361 g/mol. The molecule has 0 atom stereocenters. The van der Waals surface area contributed by atoms with E-state index >= 15 is 0 Å². The normalized spacial score (nSPS) is 10.6. The molecule has 0 aliphatic heterocycles. The summed E-state index contributed by atoms with van der Waals surface area (Å²) in [6, 6.07) is 0. The van der Waals surface area contributed by atoms with Gasteiger partial charge in [0.05, 0.1) is 18.6 Å². The van der Waals surface area contributed by atoms with E-state index in [4.69, 9.17) is 11.6 Å². The van der Waals surface area contributed by atoms with E-state index < -0.39 is 12.4 Å². The molecule has 0 aliphatic rings. The van der Waals surface area contributed by atoms with Gasteiger partial charge in [-0.05, 0) is 28.2 Å². The SMILES string of the molecule is COC(=O)Cc1cnc(I)c(Cl)c1C(F)F. The van der Waals surface area contributed by atoms with Crippen LogP contribution in [0.1, 0.15) is 17.6 Å². The Bertz CT molecular complexity index is 415. The van der Waals surface area contributed by atoms with Crippen molar-refractivity contribution in [3.05, 3.63) is 26.0 Å². The van der Waals surface area contributed by atoms with Crippen molar-refractivity contribution < 1.29 is 18.3 Å².